The number of carbonyl (C=O) groups excluding carboxylic acids is 1. The summed E-state index contributed by atoms with van der Waals surface area (Å²) in [6.45, 7) is 1.71. The lowest BCUT2D eigenvalue weighted by Crippen LogP contribution is -2.37. The third-order valence-electron chi connectivity index (χ3n) is 2.78. The minimum atomic E-state index is -0.526. The lowest BCUT2D eigenvalue weighted by atomic mass is 10.2. The maximum absolute atomic E-state index is 11.7. The summed E-state index contributed by atoms with van der Waals surface area (Å²) >= 11 is 3.36. The van der Waals surface area contributed by atoms with Crippen molar-refractivity contribution in [3.8, 4) is 5.75 Å². The molecule has 2 N–H and O–H groups in total. The van der Waals surface area contributed by atoms with Crippen molar-refractivity contribution in [1.29, 1.82) is 0 Å². The molecule has 1 unspecified atom stereocenters. The molecule has 1 amide bonds. The fourth-order valence-electron chi connectivity index (χ4n) is 1.53. The summed E-state index contributed by atoms with van der Waals surface area (Å²) in [5.74, 6) is 0.515. The quantitative estimate of drug-likeness (QED) is 0.874. The van der Waals surface area contributed by atoms with Gasteiger partial charge < -0.3 is 15.2 Å². The number of amides is 1. The minimum absolute atomic E-state index is 0.0173. The van der Waals surface area contributed by atoms with Crippen LogP contribution in [0.2, 0.25) is 0 Å². The van der Waals surface area contributed by atoms with Crippen LogP contribution in [-0.4, -0.2) is 23.2 Å². The van der Waals surface area contributed by atoms with E-state index >= 15 is 0 Å². The topological polar surface area (TPSA) is 58.6 Å². The molecule has 0 bridgehead atoms. The molecule has 0 heterocycles. The largest absolute Gasteiger partial charge is 0.480 e. The van der Waals surface area contributed by atoms with Gasteiger partial charge in [0.05, 0.1) is 11.1 Å². The van der Waals surface area contributed by atoms with E-state index in [0.29, 0.717) is 11.8 Å². The van der Waals surface area contributed by atoms with Crippen LogP contribution in [0.1, 0.15) is 25.3 Å². The SMILES string of the molecule is CC(Oc1ccc(CO)cc1Br)C(=O)NC1CC1. The molecule has 0 aliphatic heterocycles. The van der Waals surface area contributed by atoms with Gasteiger partial charge in [-0.1, -0.05) is 6.07 Å². The standard InChI is InChI=1S/C13H16BrNO3/c1-8(13(17)15-10-3-4-10)18-12-5-2-9(7-16)6-11(12)14/h2,5-6,8,10,16H,3-4,7H2,1H3,(H,15,17). The fourth-order valence-corrected chi connectivity index (χ4v) is 2.05. The first-order chi connectivity index (χ1) is 8.60. The summed E-state index contributed by atoms with van der Waals surface area (Å²) < 4.78 is 6.33. The number of hydrogen-bond acceptors (Lipinski definition) is 3. The van der Waals surface area contributed by atoms with Crippen LogP contribution in [0, 0.1) is 0 Å². The highest BCUT2D eigenvalue weighted by Gasteiger charge is 2.26. The predicted molar refractivity (Wildman–Crippen MR) is 71.3 cm³/mol. The monoisotopic (exact) mass is 313 g/mol. The molecule has 1 aliphatic carbocycles. The average Bonchev–Trinajstić information content (AvgIpc) is 3.15. The van der Waals surface area contributed by atoms with E-state index in [1.54, 1.807) is 25.1 Å². The van der Waals surface area contributed by atoms with E-state index in [9.17, 15) is 4.79 Å². The van der Waals surface area contributed by atoms with E-state index in [0.717, 1.165) is 22.9 Å². The molecule has 5 heteroatoms. The molecular weight excluding hydrogens is 298 g/mol. The van der Waals surface area contributed by atoms with Crippen LogP contribution in [0.15, 0.2) is 22.7 Å². The second-order valence-electron chi connectivity index (χ2n) is 4.47. The van der Waals surface area contributed by atoms with Crippen molar-refractivity contribution in [2.24, 2.45) is 0 Å². The predicted octanol–water partition coefficient (Wildman–Crippen LogP) is 1.99. The van der Waals surface area contributed by atoms with Gasteiger partial charge >= 0.3 is 0 Å². The number of aliphatic hydroxyl groups excluding tert-OH is 1. The van der Waals surface area contributed by atoms with E-state index in [1.807, 2.05) is 0 Å². The van der Waals surface area contributed by atoms with Gasteiger partial charge in [-0.25, -0.2) is 0 Å². The summed E-state index contributed by atoms with van der Waals surface area (Å²) in [5, 5.41) is 11.9. The summed E-state index contributed by atoms with van der Waals surface area (Å²) in [7, 11) is 0. The highest BCUT2D eigenvalue weighted by molar-refractivity contribution is 9.10. The summed E-state index contributed by atoms with van der Waals surface area (Å²) in [6, 6.07) is 5.63. The molecule has 2 rings (SSSR count). The molecule has 1 aromatic rings. The number of ether oxygens (including phenoxy) is 1. The molecule has 0 spiro atoms. The number of halogens is 1. The molecule has 1 saturated carbocycles. The highest BCUT2D eigenvalue weighted by Crippen LogP contribution is 2.27. The van der Waals surface area contributed by atoms with E-state index in [2.05, 4.69) is 21.2 Å². The third kappa shape index (κ3) is 3.46. The Hall–Kier alpha value is -1.07. The van der Waals surface area contributed by atoms with Crippen LogP contribution >= 0.6 is 15.9 Å². The molecule has 0 radical (unpaired) electrons. The van der Waals surface area contributed by atoms with Gasteiger partial charge in [0.15, 0.2) is 6.10 Å². The van der Waals surface area contributed by atoms with Crippen molar-refractivity contribution in [2.75, 3.05) is 0 Å². The summed E-state index contributed by atoms with van der Waals surface area (Å²) in [4.78, 5) is 11.7. The van der Waals surface area contributed by atoms with Crippen LogP contribution in [0.25, 0.3) is 0 Å². The average molecular weight is 314 g/mol. The smallest absolute Gasteiger partial charge is 0.260 e. The van der Waals surface area contributed by atoms with Crippen LogP contribution < -0.4 is 10.1 Å². The maximum Gasteiger partial charge on any atom is 0.260 e. The molecular formula is C13H16BrNO3. The molecule has 0 saturated heterocycles. The zero-order valence-electron chi connectivity index (χ0n) is 10.1. The molecule has 1 aliphatic rings. The van der Waals surface area contributed by atoms with Crippen LogP contribution in [-0.2, 0) is 11.4 Å². The summed E-state index contributed by atoms with van der Waals surface area (Å²) in [6.07, 6.45) is 1.60. The van der Waals surface area contributed by atoms with Crippen LogP contribution in [0.5, 0.6) is 5.75 Å². The van der Waals surface area contributed by atoms with Crippen LogP contribution in [0.3, 0.4) is 0 Å². The van der Waals surface area contributed by atoms with E-state index in [1.165, 1.54) is 0 Å². The summed E-state index contributed by atoms with van der Waals surface area (Å²) in [5.41, 5.74) is 0.796. The van der Waals surface area contributed by atoms with Crippen molar-refractivity contribution in [1.82, 2.24) is 5.32 Å². The van der Waals surface area contributed by atoms with Gasteiger partial charge in [-0.2, -0.15) is 0 Å². The zero-order chi connectivity index (χ0) is 13.1. The van der Waals surface area contributed by atoms with Crippen molar-refractivity contribution in [2.45, 2.75) is 38.5 Å². The van der Waals surface area contributed by atoms with Crippen LogP contribution in [0.4, 0.5) is 0 Å². The molecule has 0 aromatic heterocycles. The molecule has 98 valence electrons. The highest BCUT2D eigenvalue weighted by atomic mass is 79.9. The Balaban J connectivity index is 1.96. The number of carbonyl (C=O) groups is 1. The lowest BCUT2D eigenvalue weighted by Gasteiger charge is -2.15. The molecule has 18 heavy (non-hydrogen) atoms. The Morgan fingerprint density at radius 2 is 2.33 bits per heavy atom. The second kappa shape index (κ2) is 5.71. The third-order valence-corrected chi connectivity index (χ3v) is 3.40. The van der Waals surface area contributed by atoms with E-state index in [4.69, 9.17) is 9.84 Å². The minimum Gasteiger partial charge on any atom is -0.480 e. The van der Waals surface area contributed by atoms with Crippen molar-refractivity contribution >= 4 is 21.8 Å². The van der Waals surface area contributed by atoms with Crippen molar-refractivity contribution in [3.05, 3.63) is 28.2 Å². The first kappa shape index (κ1) is 13.4. The van der Waals surface area contributed by atoms with Gasteiger partial charge in [-0.15, -0.1) is 0 Å². The number of hydrogen-bond donors (Lipinski definition) is 2. The Bertz CT molecular complexity index is 446. The Morgan fingerprint density at radius 1 is 1.61 bits per heavy atom. The van der Waals surface area contributed by atoms with Gasteiger partial charge in [0.1, 0.15) is 5.75 Å². The Kier molecular flexibility index (Phi) is 4.24. The normalized spacial score (nSPS) is 16.2. The zero-order valence-corrected chi connectivity index (χ0v) is 11.7. The molecule has 1 fully saturated rings. The number of benzene rings is 1. The van der Waals surface area contributed by atoms with Gasteiger partial charge in [0.25, 0.3) is 5.91 Å². The first-order valence-electron chi connectivity index (χ1n) is 5.96. The van der Waals surface area contributed by atoms with Gasteiger partial charge in [-0.05, 0) is 53.4 Å². The van der Waals surface area contributed by atoms with Gasteiger partial charge in [0.2, 0.25) is 0 Å². The van der Waals surface area contributed by atoms with Gasteiger partial charge in [0, 0.05) is 6.04 Å². The first-order valence-corrected chi connectivity index (χ1v) is 6.75. The molecule has 1 aromatic carbocycles. The number of rotatable bonds is 5. The molecule has 4 nitrogen and oxygen atoms in total. The molecule has 1 atom stereocenters. The number of nitrogens with one attached hydrogen (secondary N) is 1. The van der Waals surface area contributed by atoms with Gasteiger partial charge in [-0.3, -0.25) is 4.79 Å². The number of aliphatic hydroxyl groups is 1. The van der Waals surface area contributed by atoms with Crippen molar-refractivity contribution in [3.63, 3.8) is 0 Å². The Labute approximate surface area is 114 Å². The maximum atomic E-state index is 11.7. The fraction of sp³-hybridized carbons (Fsp3) is 0.462. The lowest BCUT2D eigenvalue weighted by molar-refractivity contribution is -0.127. The van der Waals surface area contributed by atoms with E-state index < -0.39 is 6.10 Å². The Morgan fingerprint density at radius 3 is 2.89 bits per heavy atom. The second-order valence-corrected chi connectivity index (χ2v) is 5.32. The van der Waals surface area contributed by atoms with E-state index in [-0.39, 0.29) is 12.5 Å². The van der Waals surface area contributed by atoms with Crippen molar-refractivity contribution < 1.29 is 14.6 Å².